The molecule has 3 atom stereocenters. The lowest BCUT2D eigenvalue weighted by Crippen LogP contribution is -2.44. The fourth-order valence-electron chi connectivity index (χ4n) is 4.23. The summed E-state index contributed by atoms with van der Waals surface area (Å²) in [6.45, 7) is 5.18. The molecule has 3 heterocycles. The van der Waals surface area contributed by atoms with E-state index in [1.165, 1.54) is 5.56 Å². The van der Waals surface area contributed by atoms with Crippen LogP contribution in [-0.4, -0.2) is 43.2 Å². The van der Waals surface area contributed by atoms with Crippen molar-refractivity contribution in [2.45, 2.75) is 44.7 Å². The maximum absolute atomic E-state index is 13.1. The van der Waals surface area contributed by atoms with Crippen molar-refractivity contribution in [2.24, 2.45) is 5.92 Å². The Kier molecular flexibility index (Phi) is 5.74. The summed E-state index contributed by atoms with van der Waals surface area (Å²) in [6.07, 6.45) is 4.01. The predicted molar refractivity (Wildman–Crippen MR) is 98.6 cm³/mol. The minimum atomic E-state index is 0. The highest BCUT2D eigenvalue weighted by atomic mass is 35.5. The first-order valence-corrected chi connectivity index (χ1v) is 9.16. The van der Waals surface area contributed by atoms with Gasteiger partial charge in [-0.05, 0) is 56.8 Å². The number of rotatable bonds is 2. The largest absolute Gasteiger partial charge is 0.486 e. The van der Waals surface area contributed by atoms with Crippen LogP contribution >= 0.6 is 12.4 Å². The summed E-state index contributed by atoms with van der Waals surface area (Å²) in [4.78, 5) is 15.2. The van der Waals surface area contributed by atoms with E-state index in [0.717, 1.165) is 50.3 Å². The van der Waals surface area contributed by atoms with E-state index in [1.54, 1.807) is 0 Å². The van der Waals surface area contributed by atoms with E-state index < -0.39 is 0 Å². The standard InChI is InChI=1S/C19H26N2O3.ClH/c1-13-11-15(6-7-20-13)19(22)21-8-2-3-16(21)14-4-5-17-18(12-14)24-10-9-23-17;/h4-5,12-13,15-16,20H,2-3,6-11H2,1H3;1H/t13-,15-,16?;/m0./s1. The molecule has 1 unspecified atom stereocenters. The number of carbonyl (C=O) groups is 1. The van der Waals surface area contributed by atoms with Crippen molar-refractivity contribution in [1.82, 2.24) is 10.2 Å². The lowest BCUT2D eigenvalue weighted by Gasteiger charge is -2.33. The summed E-state index contributed by atoms with van der Waals surface area (Å²) < 4.78 is 11.3. The molecule has 0 saturated carbocycles. The Morgan fingerprint density at radius 3 is 2.80 bits per heavy atom. The number of fused-ring (bicyclic) bond motifs is 1. The number of halogens is 1. The lowest BCUT2D eigenvalue weighted by molar-refractivity contribution is -0.137. The Morgan fingerprint density at radius 2 is 2.00 bits per heavy atom. The molecule has 1 aromatic carbocycles. The van der Waals surface area contributed by atoms with E-state index in [0.29, 0.717) is 25.2 Å². The molecule has 5 nitrogen and oxygen atoms in total. The van der Waals surface area contributed by atoms with Gasteiger partial charge in [0.2, 0.25) is 5.91 Å². The highest BCUT2D eigenvalue weighted by molar-refractivity contribution is 5.85. The van der Waals surface area contributed by atoms with Crippen molar-refractivity contribution >= 4 is 18.3 Å². The molecule has 2 saturated heterocycles. The van der Waals surface area contributed by atoms with E-state index >= 15 is 0 Å². The van der Waals surface area contributed by atoms with E-state index in [2.05, 4.69) is 29.3 Å². The predicted octanol–water partition coefficient (Wildman–Crippen LogP) is 2.93. The summed E-state index contributed by atoms with van der Waals surface area (Å²) in [7, 11) is 0. The van der Waals surface area contributed by atoms with E-state index in [1.807, 2.05) is 6.07 Å². The number of likely N-dealkylation sites (tertiary alicyclic amines) is 1. The van der Waals surface area contributed by atoms with Crippen LogP contribution in [0.4, 0.5) is 0 Å². The van der Waals surface area contributed by atoms with Gasteiger partial charge in [0.05, 0.1) is 6.04 Å². The zero-order valence-electron chi connectivity index (χ0n) is 14.7. The fraction of sp³-hybridized carbons (Fsp3) is 0.632. The van der Waals surface area contributed by atoms with E-state index in [-0.39, 0.29) is 24.4 Å². The Hall–Kier alpha value is -1.46. The summed E-state index contributed by atoms with van der Waals surface area (Å²) in [5.41, 5.74) is 1.17. The molecule has 3 aliphatic heterocycles. The SMILES string of the molecule is C[C@H]1C[C@@H](C(=O)N2CCCC2c2ccc3c(c2)OCCO3)CCN1.Cl. The molecule has 25 heavy (non-hydrogen) atoms. The first kappa shape index (κ1) is 18.3. The second-order valence-electron chi connectivity index (χ2n) is 7.17. The summed E-state index contributed by atoms with van der Waals surface area (Å²) in [5.74, 6) is 2.13. The maximum atomic E-state index is 13.1. The summed E-state index contributed by atoms with van der Waals surface area (Å²) in [5, 5.41) is 3.43. The molecule has 0 bridgehead atoms. The number of amides is 1. The van der Waals surface area contributed by atoms with Gasteiger partial charge < -0.3 is 19.7 Å². The highest BCUT2D eigenvalue weighted by Crippen LogP contribution is 2.39. The average molecular weight is 367 g/mol. The molecule has 3 aliphatic rings. The third-order valence-corrected chi connectivity index (χ3v) is 5.46. The molecular weight excluding hydrogens is 340 g/mol. The molecule has 1 N–H and O–H groups in total. The third-order valence-electron chi connectivity index (χ3n) is 5.46. The fourth-order valence-corrected chi connectivity index (χ4v) is 4.23. The maximum Gasteiger partial charge on any atom is 0.226 e. The van der Waals surface area contributed by atoms with Gasteiger partial charge in [0.15, 0.2) is 11.5 Å². The van der Waals surface area contributed by atoms with Gasteiger partial charge in [-0.25, -0.2) is 0 Å². The van der Waals surface area contributed by atoms with Crippen LogP contribution in [0.3, 0.4) is 0 Å². The van der Waals surface area contributed by atoms with E-state index in [9.17, 15) is 4.79 Å². The number of hydrogen-bond donors (Lipinski definition) is 1. The second-order valence-corrected chi connectivity index (χ2v) is 7.17. The average Bonchev–Trinajstić information content (AvgIpc) is 3.10. The molecule has 0 aliphatic carbocycles. The topological polar surface area (TPSA) is 50.8 Å². The molecule has 0 spiro atoms. The van der Waals surface area contributed by atoms with Crippen LogP contribution in [0.1, 0.15) is 44.2 Å². The van der Waals surface area contributed by atoms with Crippen LogP contribution in [0, 0.1) is 5.92 Å². The molecule has 6 heteroatoms. The van der Waals surface area contributed by atoms with Gasteiger partial charge in [-0.3, -0.25) is 4.79 Å². The van der Waals surface area contributed by atoms with Crippen LogP contribution in [0.25, 0.3) is 0 Å². The molecule has 0 aromatic heterocycles. The molecule has 0 radical (unpaired) electrons. The third kappa shape index (κ3) is 3.72. The zero-order valence-corrected chi connectivity index (χ0v) is 15.5. The van der Waals surface area contributed by atoms with Gasteiger partial charge in [-0.2, -0.15) is 0 Å². The van der Waals surface area contributed by atoms with Gasteiger partial charge >= 0.3 is 0 Å². The smallest absolute Gasteiger partial charge is 0.226 e. The van der Waals surface area contributed by atoms with Crippen molar-refractivity contribution in [3.05, 3.63) is 23.8 Å². The minimum Gasteiger partial charge on any atom is -0.486 e. The zero-order chi connectivity index (χ0) is 16.5. The van der Waals surface area contributed by atoms with Crippen molar-refractivity contribution in [3.8, 4) is 11.5 Å². The van der Waals surface area contributed by atoms with Crippen LogP contribution in [0.5, 0.6) is 11.5 Å². The van der Waals surface area contributed by atoms with Crippen molar-refractivity contribution in [2.75, 3.05) is 26.3 Å². The number of benzene rings is 1. The van der Waals surface area contributed by atoms with Gasteiger partial charge in [-0.1, -0.05) is 6.07 Å². The van der Waals surface area contributed by atoms with Gasteiger partial charge in [-0.15, -0.1) is 12.4 Å². The molecule has 1 amide bonds. The van der Waals surface area contributed by atoms with E-state index in [4.69, 9.17) is 9.47 Å². The second kappa shape index (κ2) is 7.83. The molecule has 2 fully saturated rings. The molecule has 4 rings (SSSR count). The quantitative estimate of drug-likeness (QED) is 0.874. The van der Waals surface area contributed by atoms with Crippen LogP contribution in [0.2, 0.25) is 0 Å². The van der Waals surface area contributed by atoms with Gasteiger partial charge in [0.25, 0.3) is 0 Å². The summed E-state index contributed by atoms with van der Waals surface area (Å²) in [6, 6.07) is 6.75. The number of piperidine rings is 1. The Bertz CT molecular complexity index is 625. The number of hydrogen-bond acceptors (Lipinski definition) is 4. The Labute approximate surface area is 155 Å². The monoisotopic (exact) mass is 366 g/mol. The molecule has 138 valence electrons. The van der Waals surface area contributed by atoms with Crippen LogP contribution in [-0.2, 0) is 4.79 Å². The van der Waals surface area contributed by atoms with Crippen molar-refractivity contribution < 1.29 is 14.3 Å². The number of nitrogens with one attached hydrogen (secondary N) is 1. The van der Waals surface area contributed by atoms with Crippen LogP contribution < -0.4 is 14.8 Å². The Morgan fingerprint density at radius 1 is 1.20 bits per heavy atom. The minimum absolute atomic E-state index is 0. The van der Waals surface area contributed by atoms with Crippen molar-refractivity contribution in [1.29, 1.82) is 0 Å². The number of carbonyl (C=O) groups excluding carboxylic acids is 1. The molecule has 1 aromatic rings. The first-order valence-electron chi connectivity index (χ1n) is 9.16. The lowest BCUT2D eigenvalue weighted by atomic mass is 9.91. The molecular formula is C19H27ClN2O3. The number of ether oxygens (including phenoxy) is 2. The van der Waals surface area contributed by atoms with Gasteiger partial charge in [0.1, 0.15) is 13.2 Å². The number of nitrogens with zero attached hydrogens (tertiary/aromatic N) is 1. The summed E-state index contributed by atoms with van der Waals surface area (Å²) >= 11 is 0. The van der Waals surface area contributed by atoms with Crippen molar-refractivity contribution in [3.63, 3.8) is 0 Å². The normalized spacial score (nSPS) is 28.4. The highest BCUT2D eigenvalue weighted by Gasteiger charge is 2.35. The Balaban J connectivity index is 0.00000182. The first-order chi connectivity index (χ1) is 11.7. The van der Waals surface area contributed by atoms with Gasteiger partial charge in [0, 0.05) is 18.5 Å². The van der Waals surface area contributed by atoms with Crippen LogP contribution in [0.15, 0.2) is 18.2 Å².